The van der Waals surface area contributed by atoms with Crippen molar-refractivity contribution in [3.63, 3.8) is 0 Å². The van der Waals surface area contributed by atoms with E-state index in [0.717, 1.165) is 30.8 Å². The third-order valence-corrected chi connectivity index (χ3v) is 4.02. The minimum atomic E-state index is 0.121. The fourth-order valence-corrected chi connectivity index (χ4v) is 2.83. The number of ether oxygens (including phenoxy) is 1. The quantitative estimate of drug-likeness (QED) is 0.910. The number of morpholine rings is 1. The maximum atomic E-state index is 5.54. The Bertz CT molecular complexity index is 456. The predicted molar refractivity (Wildman–Crippen MR) is 88.4 cm³/mol. The van der Waals surface area contributed by atoms with Crippen molar-refractivity contribution >= 4 is 21.6 Å². The number of halogens is 1. The Labute approximate surface area is 130 Å². The summed E-state index contributed by atoms with van der Waals surface area (Å²) in [4.78, 5) is 2.45. The molecule has 0 aliphatic carbocycles. The lowest BCUT2D eigenvalue weighted by atomic mass is 10.1. The molecule has 20 heavy (non-hydrogen) atoms. The highest BCUT2D eigenvalue weighted by molar-refractivity contribution is 9.10. The lowest BCUT2D eigenvalue weighted by molar-refractivity contribution is 0.0988. The number of hydrogen-bond acceptors (Lipinski definition) is 3. The molecule has 0 radical (unpaired) electrons. The van der Waals surface area contributed by atoms with Crippen LogP contribution in [0.5, 0.6) is 0 Å². The maximum Gasteiger partial charge on any atom is 0.0668 e. The first-order chi connectivity index (χ1) is 9.37. The van der Waals surface area contributed by atoms with Gasteiger partial charge >= 0.3 is 0 Å². The highest BCUT2D eigenvalue weighted by Gasteiger charge is 2.22. The molecular formula is C16H25BrN2O. The van der Waals surface area contributed by atoms with E-state index in [-0.39, 0.29) is 5.54 Å². The van der Waals surface area contributed by atoms with Crippen molar-refractivity contribution in [2.75, 3.05) is 24.7 Å². The molecule has 4 heteroatoms. The van der Waals surface area contributed by atoms with Crippen molar-refractivity contribution in [2.24, 2.45) is 0 Å². The van der Waals surface area contributed by atoms with Crippen LogP contribution >= 0.6 is 15.9 Å². The molecule has 112 valence electrons. The van der Waals surface area contributed by atoms with Crippen molar-refractivity contribution < 1.29 is 4.74 Å². The number of nitrogens with one attached hydrogen (secondary N) is 1. The van der Waals surface area contributed by atoms with Gasteiger partial charge in [-0.1, -0.05) is 15.9 Å². The summed E-state index contributed by atoms with van der Waals surface area (Å²) in [5.74, 6) is 0. The van der Waals surface area contributed by atoms with Gasteiger partial charge in [0.25, 0.3) is 0 Å². The Balaban J connectivity index is 2.23. The molecule has 1 aromatic rings. The molecule has 1 heterocycles. The Morgan fingerprint density at radius 3 is 2.80 bits per heavy atom. The van der Waals surface area contributed by atoms with E-state index in [4.69, 9.17) is 4.74 Å². The number of nitrogens with zero attached hydrogens (tertiary/aromatic N) is 1. The van der Waals surface area contributed by atoms with E-state index < -0.39 is 0 Å². The van der Waals surface area contributed by atoms with Crippen LogP contribution in [-0.2, 0) is 11.3 Å². The molecule has 1 aliphatic heterocycles. The highest BCUT2D eigenvalue weighted by Crippen LogP contribution is 2.27. The Hall–Kier alpha value is -0.580. The van der Waals surface area contributed by atoms with Gasteiger partial charge in [0, 0.05) is 34.8 Å². The van der Waals surface area contributed by atoms with Gasteiger partial charge < -0.3 is 15.0 Å². The van der Waals surface area contributed by atoms with Crippen molar-refractivity contribution in [1.82, 2.24) is 5.32 Å². The van der Waals surface area contributed by atoms with Gasteiger partial charge in [-0.05, 0) is 51.5 Å². The van der Waals surface area contributed by atoms with E-state index in [9.17, 15) is 0 Å². The molecule has 0 bridgehead atoms. The minimum absolute atomic E-state index is 0.121. The van der Waals surface area contributed by atoms with Crippen LogP contribution in [-0.4, -0.2) is 31.3 Å². The lowest BCUT2D eigenvalue weighted by Crippen LogP contribution is -2.44. The second-order valence-electron chi connectivity index (χ2n) is 6.49. The zero-order chi connectivity index (χ0) is 14.8. The summed E-state index contributed by atoms with van der Waals surface area (Å²) in [6, 6.07) is 6.98. The third kappa shape index (κ3) is 4.21. The van der Waals surface area contributed by atoms with Crippen LogP contribution < -0.4 is 10.2 Å². The molecule has 0 amide bonds. The van der Waals surface area contributed by atoms with Gasteiger partial charge in [-0.3, -0.25) is 0 Å². The summed E-state index contributed by atoms with van der Waals surface area (Å²) in [5, 5.41) is 3.58. The molecule has 3 nitrogen and oxygen atoms in total. The molecule has 1 unspecified atom stereocenters. The second-order valence-corrected chi connectivity index (χ2v) is 7.41. The molecular weight excluding hydrogens is 316 g/mol. The van der Waals surface area contributed by atoms with E-state index >= 15 is 0 Å². The van der Waals surface area contributed by atoms with E-state index in [1.54, 1.807) is 0 Å². The second kappa shape index (κ2) is 6.46. The van der Waals surface area contributed by atoms with Crippen LogP contribution in [0.4, 0.5) is 5.69 Å². The van der Waals surface area contributed by atoms with Crippen molar-refractivity contribution in [1.29, 1.82) is 0 Å². The van der Waals surface area contributed by atoms with Crippen molar-refractivity contribution in [2.45, 2.75) is 45.8 Å². The van der Waals surface area contributed by atoms with Gasteiger partial charge in [0.05, 0.1) is 13.2 Å². The highest BCUT2D eigenvalue weighted by atomic mass is 79.9. The van der Waals surface area contributed by atoms with Gasteiger partial charge in [-0.15, -0.1) is 0 Å². The molecule has 1 N–H and O–H groups in total. The lowest BCUT2D eigenvalue weighted by Gasteiger charge is -2.37. The molecule has 1 aromatic carbocycles. The van der Waals surface area contributed by atoms with Crippen LogP contribution in [0.2, 0.25) is 0 Å². The summed E-state index contributed by atoms with van der Waals surface area (Å²) in [6.45, 7) is 12.3. The van der Waals surface area contributed by atoms with Gasteiger partial charge in [-0.2, -0.15) is 0 Å². The largest absolute Gasteiger partial charge is 0.377 e. The molecule has 1 saturated heterocycles. The number of benzene rings is 1. The van der Waals surface area contributed by atoms with Gasteiger partial charge in [-0.25, -0.2) is 0 Å². The summed E-state index contributed by atoms with van der Waals surface area (Å²) in [6.07, 6.45) is 0. The van der Waals surface area contributed by atoms with Gasteiger partial charge in [0.1, 0.15) is 0 Å². The number of rotatable bonds is 3. The summed E-state index contributed by atoms with van der Waals surface area (Å²) in [5.41, 5.74) is 2.78. The summed E-state index contributed by atoms with van der Waals surface area (Å²) >= 11 is 3.58. The van der Waals surface area contributed by atoms with Crippen molar-refractivity contribution in [3.05, 3.63) is 28.2 Å². The molecule has 0 aromatic heterocycles. The van der Waals surface area contributed by atoms with Crippen LogP contribution in [0.1, 0.15) is 33.3 Å². The fraction of sp³-hybridized carbons (Fsp3) is 0.625. The Morgan fingerprint density at radius 1 is 1.40 bits per heavy atom. The van der Waals surface area contributed by atoms with Gasteiger partial charge in [0.15, 0.2) is 0 Å². The first-order valence-electron chi connectivity index (χ1n) is 7.25. The SMILES string of the molecule is CC1COCCN1c1ccc(Br)cc1CNC(C)(C)C. The smallest absolute Gasteiger partial charge is 0.0668 e. The normalized spacial score (nSPS) is 20.2. The number of anilines is 1. The summed E-state index contributed by atoms with van der Waals surface area (Å²) < 4.78 is 6.68. The molecule has 1 atom stereocenters. The predicted octanol–water partition coefficient (Wildman–Crippen LogP) is 3.56. The van der Waals surface area contributed by atoms with Crippen LogP contribution in [0.25, 0.3) is 0 Å². The molecule has 1 aliphatic rings. The maximum absolute atomic E-state index is 5.54. The summed E-state index contributed by atoms with van der Waals surface area (Å²) in [7, 11) is 0. The van der Waals surface area contributed by atoms with E-state index in [2.05, 4.69) is 72.0 Å². The van der Waals surface area contributed by atoms with E-state index in [1.165, 1.54) is 11.3 Å². The minimum Gasteiger partial charge on any atom is -0.377 e. The third-order valence-electron chi connectivity index (χ3n) is 3.53. The zero-order valence-electron chi connectivity index (χ0n) is 12.9. The monoisotopic (exact) mass is 340 g/mol. The standard InChI is InChI=1S/C16H25BrN2O/c1-12-11-20-8-7-19(12)15-6-5-14(17)9-13(15)10-18-16(2,3)4/h5-6,9,12,18H,7-8,10-11H2,1-4H3. The fourth-order valence-electron chi connectivity index (χ4n) is 2.42. The van der Waals surface area contributed by atoms with Gasteiger partial charge in [0.2, 0.25) is 0 Å². The van der Waals surface area contributed by atoms with Crippen LogP contribution in [0.15, 0.2) is 22.7 Å². The average Bonchev–Trinajstić information content (AvgIpc) is 2.37. The zero-order valence-corrected chi connectivity index (χ0v) is 14.5. The van der Waals surface area contributed by atoms with Crippen LogP contribution in [0.3, 0.4) is 0 Å². The average molecular weight is 341 g/mol. The molecule has 0 spiro atoms. The van der Waals surface area contributed by atoms with E-state index in [1.807, 2.05) is 0 Å². The van der Waals surface area contributed by atoms with Crippen molar-refractivity contribution in [3.8, 4) is 0 Å². The topological polar surface area (TPSA) is 24.5 Å². The van der Waals surface area contributed by atoms with E-state index in [0.29, 0.717) is 6.04 Å². The Kier molecular flexibility index (Phi) is 5.10. The number of hydrogen-bond donors (Lipinski definition) is 1. The first-order valence-corrected chi connectivity index (χ1v) is 8.04. The molecule has 2 rings (SSSR count). The Morgan fingerprint density at radius 2 is 2.15 bits per heavy atom. The molecule has 0 saturated carbocycles. The van der Waals surface area contributed by atoms with Crippen LogP contribution in [0, 0.1) is 0 Å². The molecule has 1 fully saturated rings. The first kappa shape index (κ1) is 15.8.